The number of anilines is 1. The Bertz CT molecular complexity index is 982. The van der Waals surface area contributed by atoms with Crippen LogP contribution in [0.25, 0.3) is 0 Å². The van der Waals surface area contributed by atoms with Crippen LogP contribution >= 0.6 is 11.6 Å². The first-order chi connectivity index (χ1) is 14.0. The number of hydrogen-bond acceptors (Lipinski definition) is 5. The second-order valence-corrected chi connectivity index (χ2v) is 7.32. The van der Waals surface area contributed by atoms with E-state index in [2.05, 4.69) is 10.3 Å². The fraction of sp³-hybridized carbons (Fsp3) is 0.300. The van der Waals surface area contributed by atoms with Crippen LogP contribution in [0, 0.1) is 0 Å². The van der Waals surface area contributed by atoms with Crippen LogP contribution in [0.5, 0.6) is 5.75 Å². The Morgan fingerprint density at radius 2 is 2.10 bits per heavy atom. The molecule has 4 amide bonds. The molecule has 4 rings (SSSR count). The molecule has 1 aromatic heterocycles. The highest BCUT2D eigenvalue weighted by molar-refractivity contribution is 6.29. The molecule has 2 aliphatic rings. The minimum absolute atomic E-state index is 0.224. The predicted octanol–water partition coefficient (Wildman–Crippen LogP) is 2.47. The number of halogens is 1. The van der Waals surface area contributed by atoms with Crippen molar-refractivity contribution in [3.05, 3.63) is 53.3 Å². The summed E-state index contributed by atoms with van der Waals surface area (Å²) in [5.41, 5.74) is 0.875. The van der Waals surface area contributed by atoms with E-state index in [0.29, 0.717) is 36.4 Å². The van der Waals surface area contributed by atoms with Gasteiger partial charge < -0.3 is 15.0 Å². The third kappa shape index (κ3) is 3.63. The largest absolute Gasteiger partial charge is 0.497 e. The lowest BCUT2D eigenvalue weighted by Gasteiger charge is -2.32. The Morgan fingerprint density at radius 3 is 2.86 bits per heavy atom. The van der Waals surface area contributed by atoms with Gasteiger partial charge in [0.1, 0.15) is 16.9 Å². The predicted molar refractivity (Wildman–Crippen MR) is 106 cm³/mol. The van der Waals surface area contributed by atoms with Gasteiger partial charge in [-0.05, 0) is 37.1 Å². The van der Waals surface area contributed by atoms with Gasteiger partial charge in [-0.15, -0.1) is 0 Å². The number of carbonyl (C=O) groups is 3. The second-order valence-electron chi connectivity index (χ2n) is 6.93. The maximum absolute atomic E-state index is 13.0. The number of piperidine rings is 1. The molecular weight excluding hydrogens is 396 g/mol. The van der Waals surface area contributed by atoms with Gasteiger partial charge in [-0.3, -0.25) is 9.59 Å². The van der Waals surface area contributed by atoms with Crippen LogP contribution in [0.2, 0.25) is 5.15 Å². The molecule has 9 heteroatoms. The van der Waals surface area contributed by atoms with E-state index in [1.807, 2.05) is 0 Å². The number of methoxy groups -OCH3 is 1. The molecule has 0 spiro atoms. The number of pyridine rings is 1. The first-order valence-electron chi connectivity index (χ1n) is 9.19. The zero-order valence-electron chi connectivity index (χ0n) is 15.7. The lowest BCUT2D eigenvalue weighted by Crippen LogP contribution is -2.49. The molecule has 1 aromatic carbocycles. The molecule has 0 radical (unpaired) electrons. The lowest BCUT2D eigenvalue weighted by atomic mass is 9.97. The molecule has 2 atom stereocenters. The third-order valence-electron chi connectivity index (χ3n) is 5.18. The first kappa shape index (κ1) is 19.2. The zero-order valence-corrected chi connectivity index (χ0v) is 16.4. The van der Waals surface area contributed by atoms with Crippen molar-refractivity contribution in [1.82, 2.24) is 15.2 Å². The maximum Gasteiger partial charge on any atom is 0.332 e. The first-order valence-corrected chi connectivity index (χ1v) is 9.57. The molecule has 0 bridgehead atoms. The van der Waals surface area contributed by atoms with E-state index in [1.54, 1.807) is 35.2 Å². The van der Waals surface area contributed by atoms with Gasteiger partial charge >= 0.3 is 6.03 Å². The average molecular weight is 415 g/mol. The minimum Gasteiger partial charge on any atom is -0.497 e. The van der Waals surface area contributed by atoms with E-state index >= 15 is 0 Å². The van der Waals surface area contributed by atoms with Crippen LogP contribution in [-0.2, 0) is 4.79 Å². The Hall–Kier alpha value is -3.13. The van der Waals surface area contributed by atoms with Crippen molar-refractivity contribution in [1.29, 1.82) is 0 Å². The van der Waals surface area contributed by atoms with E-state index in [4.69, 9.17) is 16.3 Å². The summed E-state index contributed by atoms with van der Waals surface area (Å²) in [4.78, 5) is 44.9. The fourth-order valence-corrected chi connectivity index (χ4v) is 3.90. The van der Waals surface area contributed by atoms with Crippen LogP contribution < -0.4 is 15.0 Å². The zero-order chi connectivity index (χ0) is 20.5. The molecule has 2 aromatic rings. The third-order valence-corrected chi connectivity index (χ3v) is 5.39. The standard InChI is InChI=1S/C20H19ClN4O4/c1-29-15-4-2-3-14(11-15)25-19(27)16-10-13(6-8-24(16)20(25)28)23-18(26)12-5-7-22-17(21)9-12/h2-5,7,9,11,13,16H,6,8,10H2,1H3,(H,23,26)/t13-,16+/m0/s1. The Labute approximate surface area is 172 Å². The number of rotatable bonds is 4. The number of hydrogen-bond donors (Lipinski definition) is 1. The maximum atomic E-state index is 13.0. The SMILES string of the molecule is COc1cccc(N2C(=O)[C@H]3C[C@@H](NC(=O)c4ccnc(Cl)c4)CCN3C2=O)c1. The van der Waals surface area contributed by atoms with Gasteiger partial charge in [0.15, 0.2) is 0 Å². The molecule has 3 heterocycles. The molecular formula is C20H19ClN4O4. The highest BCUT2D eigenvalue weighted by Gasteiger charge is 2.48. The van der Waals surface area contributed by atoms with Gasteiger partial charge in [-0.2, -0.15) is 0 Å². The second kappa shape index (κ2) is 7.71. The molecule has 2 aliphatic heterocycles. The van der Waals surface area contributed by atoms with Gasteiger partial charge in [0.25, 0.3) is 11.8 Å². The number of carbonyl (C=O) groups excluding carboxylic acids is 3. The number of ether oxygens (including phenoxy) is 1. The van der Waals surface area contributed by atoms with E-state index < -0.39 is 6.04 Å². The number of fused-ring (bicyclic) bond motifs is 1. The van der Waals surface area contributed by atoms with Gasteiger partial charge in [0.05, 0.1) is 12.8 Å². The molecule has 150 valence electrons. The average Bonchev–Trinajstić information content (AvgIpc) is 2.98. The van der Waals surface area contributed by atoms with Crippen molar-refractivity contribution in [3.63, 3.8) is 0 Å². The Kier molecular flexibility index (Phi) is 5.10. The van der Waals surface area contributed by atoms with Crippen molar-refractivity contribution >= 4 is 35.1 Å². The molecule has 2 fully saturated rings. The van der Waals surface area contributed by atoms with Crippen molar-refractivity contribution in [2.24, 2.45) is 0 Å². The summed E-state index contributed by atoms with van der Waals surface area (Å²) in [5.74, 6) is -0.0162. The molecule has 0 saturated carbocycles. The summed E-state index contributed by atoms with van der Waals surface area (Å²) < 4.78 is 5.19. The number of urea groups is 1. The quantitative estimate of drug-likeness (QED) is 0.613. The number of nitrogens with zero attached hydrogens (tertiary/aromatic N) is 3. The van der Waals surface area contributed by atoms with Gasteiger partial charge in [0, 0.05) is 30.4 Å². The summed E-state index contributed by atoms with van der Waals surface area (Å²) in [6.45, 7) is 0.387. The molecule has 1 N–H and O–H groups in total. The highest BCUT2D eigenvalue weighted by Crippen LogP contribution is 2.32. The Balaban J connectivity index is 1.48. The molecule has 0 unspecified atom stereocenters. The summed E-state index contributed by atoms with van der Waals surface area (Å²) in [5, 5.41) is 3.16. The highest BCUT2D eigenvalue weighted by atomic mass is 35.5. The normalized spacial score (nSPS) is 21.2. The molecule has 29 heavy (non-hydrogen) atoms. The fourth-order valence-electron chi connectivity index (χ4n) is 3.73. The summed E-state index contributed by atoms with van der Waals surface area (Å²) >= 11 is 5.84. The van der Waals surface area contributed by atoms with Crippen LogP contribution in [0.3, 0.4) is 0 Å². The monoisotopic (exact) mass is 414 g/mol. The molecule has 2 saturated heterocycles. The molecule has 8 nitrogen and oxygen atoms in total. The number of aromatic nitrogens is 1. The summed E-state index contributed by atoms with van der Waals surface area (Å²) in [6.07, 6.45) is 2.38. The number of imide groups is 1. The lowest BCUT2D eigenvalue weighted by molar-refractivity contribution is -0.120. The van der Waals surface area contributed by atoms with Crippen molar-refractivity contribution in [2.45, 2.75) is 24.9 Å². The van der Waals surface area contributed by atoms with E-state index in [1.165, 1.54) is 24.3 Å². The van der Waals surface area contributed by atoms with E-state index in [-0.39, 0.29) is 29.0 Å². The van der Waals surface area contributed by atoms with E-state index in [9.17, 15) is 14.4 Å². The van der Waals surface area contributed by atoms with Gasteiger partial charge in [-0.25, -0.2) is 14.7 Å². The summed E-state index contributed by atoms with van der Waals surface area (Å²) in [6, 6.07) is 8.72. The summed E-state index contributed by atoms with van der Waals surface area (Å²) in [7, 11) is 1.53. The van der Waals surface area contributed by atoms with Gasteiger partial charge in [-0.1, -0.05) is 17.7 Å². The smallest absolute Gasteiger partial charge is 0.332 e. The van der Waals surface area contributed by atoms with Crippen LogP contribution in [0.4, 0.5) is 10.5 Å². The molecule has 0 aliphatic carbocycles. The van der Waals surface area contributed by atoms with Crippen molar-refractivity contribution < 1.29 is 19.1 Å². The van der Waals surface area contributed by atoms with Crippen LogP contribution in [0.15, 0.2) is 42.6 Å². The van der Waals surface area contributed by atoms with Crippen LogP contribution in [0.1, 0.15) is 23.2 Å². The van der Waals surface area contributed by atoms with E-state index in [0.717, 1.165) is 0 Å². The topological polar surface area (TPSA) is 91.8 Å². The van der Waals surface area contributed by atoms with Crippen molar-refractivity contribution in [3.8, 4) is 5.75 Å². The Morgan fingerprint density at radius 1 is 1.28 bits per heavy atom. The number of amides is 4. The number of nitrogens with one attached hydrogen (secondary N) is 1. The van der Waals surface area contributed by atoms with Crippen LogP contribution in [-0.4, -0.2) is 53.5 Å². The number of benzene rings is 1. The van der Waals surface area contributed by atoms with Crippen molar-refractivity contribution in [2.75, 3.05) is 18.6 Å². The minimum atomic E-state index is -0.603. The van der Waals surface area contributed by atoms with Gasteiger partial charge in [0.2, 0.25) is 0 Å².